The van der Waals surface area contributed by atoms with E-state index in [1.165, 1.54) is 11.1 Å². The van der Waals surface area contributed by atoms with Crippen LogP contribution < -0.4 is 16.0 Å². The van der Waals surface area contributed by atoms with Gasteiger partial charge in [-0.05, 0) is 41.7 Å². The number of halogens is 1. The van der Waals surface area contributed by atoms with Crippen molar-refractivity contribution < 1.29 is 18.7 Å². The van der Waals surface area contributed by atoms with Crippen molar-refractivity contribution >= 4 is 40.2 Å². The van der Waals surface area contributed by atoms with Crippen molar-refractivity contribution in [3.63, 3.8) is 0 Å². The highest BCUT2D eigenvalue weighted by molar-refractivity contribution is 6.35. The van der Waals surface area contributed by atoms with E-state index in [4.69, 9.17) is 20.8 Å². The van der Waals surface area contributed by atoms with Crippen LogP contribution in [-0.2, 0) is 30.0 Å². The number of rotatable bonds is 3. The second kappa shape index (κ2) is 7.78. The fourth-order valence-electron chi connectivity index (χ4n) is 5.40. The van der Waals surface area contributed by atoms with E-state index >= 15 is 0 Å². The van der Waals surface area contributed by atoms with Crippen LogP contribution in [0.4, 0.5) is 10.5 Å². The Labute approximate surface area is 195 Å². The Hall–Kier alpha value is -3.03. The maximum Gasteiger partial charge on any atom is 0.319 e. The van der Waals surface area contributed by atoms with Gasteiger partial charge in [0.05, 0.1) is 29.5 Å². The summed E-state index contributed by atoms with van der Waals surface area (Å²) in [5.74, 6) is -0.0693. The highest BCUT2D eigenvalue weighted by Crippen LogP contribution is 2.48. The fraction of sp³-hybridized carbons (Fsp3) is 0.360. The van der Waals surface area contributed by atoms with Crippen molar-refractivity contribution in [2.75, 3.05) is 5.32 Å². The quantitative estimate of drug-likeness (QED) is 0.486. The fourth-order valence-corrected chi connectivity index (χ4v) is 5.66. The summed E-state index contributed by atoms with van der Waals surface area (Å²) in [4.78, 5) is 25.4. The summed E-state index contributed by atoms with van der Waals surface area (Å²) < 4.78 is 11.6. The number of hydrogen-bond acceptors (Lipinski definition) is 4. The normalized spacial score (nSPS) is 18.5. The molecule has 0 atom stereocenters. The van der Waals surface area contributed by atoms with E-state index < -0.39 is 5.54 Å². The molecular weight excluding hydrogens is 442 g/mol. The maximum absolute atomic E-state index is 12.9. The third-order valence-corrected chi connectivity index (χ3v) is 7.30. The molecule has 33 heavy (non-hydrogen) atoms. The predicted octanol–water partition coefficient (Wildman–Crippen LogP) is 5.34. The summed E-state index contributed by atoms with van der Waals surface area (Å²) in [7, 11) is 0. The zero-order chi connectivity index (χ0) is 22.6. The average Bonchev–Trinajstić information content (AvgIpc) is 3.44. The minimum absolute atomic E-state index is 0.224. The molecule has 3 aliphatic rings. The van der Waals surface area contributed by atoms with Gasteiger partial charge < -0.3 is 25.1 Å². The topological polar surface area (TPSA) is 92.6 Å². The minimum Gasteiger partial charge on any atom is -0.450 e. The van der Waals surface area contributed by atoms with Crippen molar-refractivity contribution in [1.29, 1.82) is 0 Å². The lowest BCUT2D eigenvalue weighted by Crippen LogP contribution is -2.52. The molecule has 0 bridgehead atoms. The van der Waals surface area contributed by atoms with Gasteiger partial charge in [-0.1, -0.05) is 49.1 Å². The Bertz CT molecular complexity index is 1290. The molecular formula is C25H24ClN3O4. The first kappa shape index (κ1) is 20.6. The minimum atomic E-state index is -0.531. The molecule has 3 aromatic rings. The van der Waals surface area contributed by atoms with Gasteiger partial charge >= 0.3 is 6.03 Å². The van der Waals surface area contributed by atoms with Crippen LogP contribution in [0.3, 0.4) is 0 Å². The van der Waals surface area contributed by atoms with Gasteiger partial charge in [0.15, 0.2) is 5.76 Å². The first-order chi connectivity index (χ1) is 16.0. The summed E-state index contributed by atoms with van der Waals surface area (Å²) >= 11 is 6.57. The van der Waals surface area contributed by atoms with Crippen LogP contribution in [0.1, 0.15) is 64.9 Å². The molecule has 3 amide bonds. The SMILES string of the molecule is O=C1Nc2c(Cl)cc3cc(C(=O)NCc4ccc5c(c4)COC5)oc3c2C2(CCCCC2)N1. The molecule has 6 rings (SSSR count). The molecule has 0 saturated heterocycles. The van der Waals surface area contributed by atoms with Gasteiger partial charge in [-0.25, -0.2) is 4.79 Å². The van der Waals surface area contributed by atoms with Gasteiger partial charge in [0.25, 0.3) is 5.91 Å². The van der Waals surface area contributed by atoms with Gasteiger partial charge in [-0.3, -0.25) is 4.79 Å². The summed E-state index contributed by atoms with van der Waals surface area (Å²) in [5.41, 5.74) is 4.87. The molecule has 170 valence electrons. The molecule has 1 aliphatic carbocycles. The third-order valence-electron chi connectivity index (χ3n) is 7.00. The molecule has 3 heterocycles. The predicted molar refractivity (Wildman–Crippen MR) is 124 cm³/mol. The molecule has 8 heteroatoms. The number of urea groups is 1. The number of carbonyl (C=O) groups excluding carboxylic acids is 2. The standard InChI is InChI=1S/C25H24ClN3O4/c26-18-9-16-10-19(23(30)27-11-14-4-5-15-12-32-13-17(15)8-14)33-22(16)20-21(18)28-24(31)29-25(20)6-2-1-3-7-25/h4-5,8-10H,1-3,6-7,11-13H2,(H,27,30)(H2,28,29,31). The maximum atomic E-state index is 12.9. The largest absolute Gasteiger partial charge is 0.450 e. The van der Waals surface area contributed by atoms with E-state index in [1.807, 2.05) is 12.1 Å². The van der Waals surface area contributed by atoms with E-state index in [1.54, 1.807) is 12.1 Å². The number of amides is 3. The van der Waals surface area contributed by atoms with Crippen molar-refractivity contribution in [3.8, 4) is 0 Å². The van der Waals surface area contributed by atoms with Crippen LogP contribution in [0.15, 0.2) is 34.7 Å². The lowest BCUT2D eigenvalue weighted by molar-refractivity contribution is 0.0925. The molecule has 0 radical (unpaired) electrons. The lowest BCUT2D eigenvalue weighted by atomic mass is 9.74. The number of ether oxygens (including phenoxy) is 1. The van der Waals surface area contributed by atoms with Crippen LogP contribution in [0.5, 0.6) is 0 Å². The van der Waals surface area contributed by atoms with E-state index in [-0.39, 0.29) is 17.7 Å². The number of benzene rings is 2. The highest BCUT2D eigenvalue weighted by atomic mass is 35.5. The van der Waals surface area contributed by atoms with Crippen LogP contribution in [0.25, 0.3) is 11.0 Å². The van der Waals surface area contributed by atoms with Gasteiger partial charge in [-0.2, -0.15) is 0 Å². The Kier molecular flexibility index (Phi) is 4.85. The summed E-state index contributed by atoms with van der Waals surface area (Å²) in [6.45, 7) is 1.65. The van der Waals surface area contributed by atoms with Gasteiger partial charge in [-0.15, -0.1) is 0 Å². The Morgan fingerprint density at radius 1 is 1.09 bits per heavy atom. The summed E-state index contributed by atoms with van der Waals surface area (Å²) in [6.07, 6.45) is 4.77. The highest BCUT2D eigenvalue weighted by Gasteiger charge is 2.43. The summed E-state index contributed by atoms with van der Waals surface area (Å²) in [5, 5.41) is 10.1. The number of nitrogens with one attached hydrogen (secondary N) is 3. The average molecular weight is 466 g/mol. The number of anilines is 1. The monoisotopic (exact) mass is 465 g/mol. The molecule has 1 fully saturated rings. The van der Waals surface area contributed by atoms with Crippen LogP contribution in [0.2, 0.25) is 5.02 Å². The number of hydrogen-bond donors (Lipinski definition) is 3. The van der Waals surface area contributed by atoms with Crippen molar-refractivity contribution in [3.05, 3.63) is 63.4 Å². The first-order valence-corrected chi connectivity index (χ1v) is 11.7. The van der Waals surface area contributed by atoms with Gasteiger partial charge in [0.2, 0.25) is 0 Å². The zero-order valence-electron chi connectivity index (χ0n) is 18.1. The van der Waals surface area contributed by atoms with Crippen molar-refractivity contribution in [2.45, 2.75) is 57.4 Å². The molecule has 3 N–H and O–H groups in total. The number of fused-ring (bicyclic) bond motifs is 5. The molecule has 1 spiro atoms. The number of carbonyl (C=O) groups is 2. The van der Waals surface area contributed by atoms with E-state index in [9.17, 15) is 9.59 Å². The van der Waals surface area contributed by atoms with E-state index in [2.05, 4.69) is 22.0 Å². The molecule has 1 aromatic heterocycles. The molecule has 0 unspecified atom stereocenters. The Morgan fingerprint density at radius 2 is 1.91 bits per heavy atom. The van der Waals surface area contributed by atoms with Crippen molar-refractivity contribution in [1.82, 2.24) is 10.6 Å². The van der Waals surface area contributed by atoms with Crippen LogP contribution in [-0.4, -0.2) is 11.9 Å². The van der Waals surface area contributed by atoms with Crippen LogP contribution in [0, 0.1) is 0 Å². The van der Waals surface area contributed by atoms with Gasteiger partial charge in [0.1, 0.15) is 5.58 Å². The van der Waals surface area contributed by atoms with E-state index in [0.717, 1.165) is 48.6 Å². The van der Waals surface area contributed by atoms with Crippen LogP contribution >= 0.6 is 11.6 Å². The zero-order valence-corrected chi connectivity index (χ0v) is 18.8. The molecule has 2 aromatic carbocycles. The van der Waals surface area contributed by atoms with E-state index in [0.29, 0.717) is 36.1 Å². The first-order valence-electron chi connectivity index (χ1n) is 11.3. The number of furan rings is 1. The van der Waals surface area contributed by atoms with Crippen molar-refractivity contribution in [2.24, 2.45) is 0 Å². The second-order valence-electron chi connectivity index (χ2n) is 9.14. The smallest absolute Gasteiger partial charge is 0.319 e. The Morgan fingerprint density at radius 3 is 2.76 bits per heavy atom. The molecule has 2 aliphatic heterocycles. The van der Waals surface area contributed by atoms with Gasteiger partial charge in [0, 0.05) is 17.5 Å². The molecule has 1 saturated carbocycles. The Balaban J connectivity index is 1.33. The molecule has 7 nitrogen and oxygen atoms in total. The third kappa shape index (κ3) is 3.47. The lowest BCUT2D eigenvalue weighted by Gasteiger charge is -2.42. The summed E-state index contributed by atoms with van der Waals surface area (Å²) in [6, 6.07) is 9.33. The second-order valence-corrected chi connectivity index (χ2v) is 9.55.